The van der Waals surface area contributed by atoms with Crippen LogP contribution in [0.3, 0.4) is 0 Å². The number of amides is 2. The van der Waals surface area contributed by atoms with E-state index < -0.39 is 23.8 Å². The van der Waals surface area contributed by atoms with Crippen molar-refractivity contribution in [2.45, 2.75) is 19.9 Å². The van der Waals surface area contributed by atoms with Crippen molar-refractivity contribution >= 4 is 47.2 Å². The third-order valence-electron chi connectivity index (χ3n) is 4.83. The van der Waals surface area contributed by atoms with Gasteiger partial charge in [0.15, 0.2) is 0 Å². The van der Waals surface area contributed by atoms with E-state index in [2.05, 4.69) is 15.8 Å². The molecule has 8 nitrogen and oxygen atoms in total. The zero-order valence-electron chi connectivity index (χ0n) is 18.2. The minimum atomic E-state index is -1.01. The van der Waals surface area contributed by atoms with Gasteiger partial charge in [-0.25, -0.2) is 10.2 Å². The summed E-state index contributed by atoms with van der Waals surface area (Å²) in [6, 6.07) is 13.2. The van der Waals surface area contributed by atoms with Crippen molar-refractivity contribution in [2.75, 3.05) is 0 Å². The lowest BCUT2D eigenvalue weighted by molar-refractivity contribution is -0.123. The average molecular weight is 502 g/mol. The minimum Gasteiger partial charge on any atom is -0.478 e. The highest BCUT2D eigenvalue weighted by molar-refractivity contribution is 6.42. The molecule has 2 amide bonds. The van der Waals surface area contributed by atoms with Gasteiger partial charge in [-0.1, -0.05) is 49.2 Å². The largest absolute Gasteiger partial charge is 0.478 e. The van der Waals surface area contributed by atoms with Crippen LogP contribution in [-0.2, 0) is 4.79 Å². The maximum Gasteiger partial charge on any atom is 0.335 e. The highest BCUT2D eigenvalue weighted by Gasteiger charge is 2.24. The SMILES string of the molecule is CC(C)C(NC(=O)c1ccc(Cl)c(Cl)c1)C(=O)N/N=C/c1ccc(-c2ccc(C(=O)O)cc2)o1. The van der Waals surface area contributed by atoms with E-state index in [1.54, 1.807) is 38.1 Å². The first kappa shape index (κ1) is 25.0. The van der Waals surface area contributed by atoms with Crippen molar-refractivity contribution in [3.8, 4) is 11.3 Å². The van der Waals surface area contributed by atoms with E-state index in [1.165, 1.54) is 36.5 Å². The molecule has 1 unspecified atom stereocenters. The molecule has 10 heteroatoms. The van der Waals surface area contributed by atoms with Crippen molar-refractivity contribution in [1.82, 2.24) is 10.7 Å². The molecule has 0 saturated heterocycles. The number of carboxylic acid groups (broad SMARTS) is 1. The van der Waals surface area contributed by atoms with Gasteiger partial charge in [0.25, 0.3) is 11.8 Å². The molecule has 0 spiro atoms. The van der Waals surface area contributed by atoms with Gasteiger partial charge in [0.05, 0.1) is 21.8 Å². The Kier molecular flexibility index (Phi) is 8.09. The van der Waals surface area contributed by atoms with E-state index in [0.29, 0.717) is 22.1 Å². The van der Waals surface area contributed by atoms with Crippen LogP contribution in [-0.4, -0.2) is 35.1 Å². The van der Waals surface area contributed by atoms with E-state index in [4.69, 9.17) is 32.7 Å². The summed E-state index contributed by atoms with van der Waals surface area (Å²) in [4.78, 5) is 36.1. The van der Waals surface area contributed by atoms with E-state index in [-0.39, 0.29) is 22.1 Å². The summed E-state index contributed by atoms with van der Waals surface area (Å²) in [6.07, 6.45) is 1.32. The molecule has 0 aliphatic rings. The summed E-state index contributed by atoms with van der Waals surface area (Å²) >= 11 is 11.8. The van der Waals surface area contributed by atoms with Gasteiger partial charge in [0.2, 0.25) is 0 Å². The van der Waals surface area contributed by atoms with Gasteiger partial charge >= 0.3 is 5.97 Å². The number of benzene rings is 2. The van der Waals surface area contributed by atoms with E-state index in [1.807, 2.05) is 0 Å². The number of hydrogen-bond donors (Lipinski definition) is 3. The number of nitrogens with one attached hydrogen (secondary N) is 2. The van der Waals surface area contributed by atoms with Crippen LogP contribution in [0.15, 0.2) is 64.1 Å². The molecular weight excluding hydrogens is 481 g/mol. The van der Waals surface area contributed by atoms with Crippen LogP contribution in [0.1, 0.15) is 40.3 Å². The van der Waals surface area contributed by atoms with Gasteiger partial charge in [-0.05, 0) is 48.4 Å². The van der Waals surface area contributed by atoms with Gasteiger partial charge in [-0.15, -0.1) is 0 Å². The summed E-state index contributed by atoms with van der Waals surface area (Å²) in [6.45, 7) is 3.58. The molecule has 34 heavy (non-hydrogen) atoms. The molecule has 0 bridgehead atoms. The molecule has 0 aliphatic heterocycles. The van der Waals surface area contributed by atoms with Crippen LogP contribution in [0.5, 0.6) is 0 Å². The standard InChI is InChI=1S/C24H21Cl2N3O5/c1-13(2)21(28-22(30)16-7-9-18(25)19(26)11-16)23(31)29-27-12-17-8-10-20(34-17)14-3-5-15(6-4-14)24(32)33/h3-13,21H,1-2H3,(H,28,30)(H,29,31)(H,32,33)/b27-12+. The van der Waals surface area contributed by atoms with Crippen LogP contribution in [0.2, 0.25) is 10.0 Å². The Labute approximate surface area is 205 Å². The normalized spacial score (nSPS) is 12.0. The molecule has 176 valence electrons. The molecule has 3 rings (SSSR count). The lowest BCUT2D eigenvalue weighted by atomic mass is 10.0. The Morgan fingerprint density at radius 1 is 0.971 bits per heavy atom. The number of carbonyl (C=O) groups excluding carboxylic acids is 2. The third-order valence-corrected chi connectivity index (χ3v) is 5.57. The summed E-state index contributed by atoms with van der Waals surface area (Å²) in [7, 11) is 0. The molecule has 2 aromatic carbocycles. The van der Waals surface area contributed by atoms with E-state index in [0.717, 1.165) is 0 Å². The predicted molar refractivity (Wildman–Crippen MR) is 129 cm³/mol. The van der Waals surface area contributed by atoms with Gasteiger partial charge in [0.1, 0.15) is 17.6 Å². The number of aromatic carboxylic acids is 1. The fourth-order valence-corrected chi connectivity index (χ4v) is 3.28. The number of carbonyl (C=O) groups is 3. The Morgan fingerprint density at radius 2 is 1.65 bits per heavy atom. The average Bonchev–Trinajstić information content (AvgIpc) is 3.27. The Bertz CT molecular complexity index is 1240. The summed E-state index contributed by atoms with van der Waals surface area (Å²) < 4.78 is 5.66. The zero-order valence-corrected chi connectivity index (χ0v) is 19.7. The molecule has 3 N–H and O–H groups in total. The topological polar surface area (TPSA) is 121 Å². The molecular formula is C24H21Cl2N3O5. The van der Waals surface area contributed by atoms with Gasteiger partial charge in [-0.2, -0.15) is 5.10 Å². The number of furan rings is 1. The second-order valence-corrected chi connectivity index (χ2v) is 8.46. The lowest BCUT2D eigenvalue weighted by Gasteiger charge is -2.20. The first-order valence-electron chi connectivity index (χ1n) is 10.2. The summed E-state index contributed by atoms with van der Waals surface area (Å²) in [5, 5.41) is 16.1. The van der Waals surface area contributed by atoms with Crippen molar-refractivity contribution in [2.24, 2.45) is 11.0 Å². The van der Waals surface area contributed by atoms with Crippen LogP contribution in [0, 0.1) is 5.92 Å². The van der Waals surface area contributed by atoms with Crippen LogP contribution >= 0.6 is 23.2 Å². The van der Waals surface area contributed by atoms with Gasteiger partial charge in [-0.3, -0.25) is 9.59 Å². The fourth-order valence-electron chi connectivity index (χ4n) is 2.98. The molecule has 1 atom stereocenters. The fraction of sp³-hybridized carbons (Fsp3) is 0.167. The highest BCUT2D eigenvalue weighted by Crippen LogP contribution is 2.23. The second kappa shape index (κ2) is 11.0. The number of rotatable bonds is 8. The lowest BCUT2D eigenvalue weighted by Crippen LogP contribution is -2.48. The van der Waals surface area contributed by atoms with Crippen molar-refractivity contribution in [1.29, 1.82) is 0 Å². The number of nitrogens with zero attached hydrogens (tertiary/aromatic N) is 1. The maximum absolute atomic E-state index is 12.6. The van der Waals surface area contributed by atoms with Crippen molar-refractivity contribution in [3.63, 3.8) is 0 Å². The Balaban J connectivity index is 1.62. The summed E-state index contributed by atoms with van der Waals surface area (Å²) in [5.74, 6) is -1.32. The highest BCUT2D eigenvalue weighted by atomic mass is 35.5. The summed E-state index contributed by atoms with van der Waals surface area (Å²) in [5.41, 5.74) is 3.54. The number of carboxylic acids is 1. The quantitative estimate of drug-likeness (QED) is 0.300. The minimum absolute atomic E-state index is 0.172. The third kappa shape index (κ3) is 6.24. The maximum atomic E-state index is 12.6. The van der Waals surface area contributed by atoms with Crippen molar-refractivity contribution < 1.29 is 23.9 Å². The molecule has 1 heterocycles. The van der Waals surface area contributed by atoms with Gasteiger partial charge in [0, 0.05) is 11.1 Å². The number of hydrazone groups is 1. The van der Waals surface area contributed by atoms with Crippen molar-refractivity contribution in [3.05, 3.63) is 81.5 Å². The second-order valence-electron chi connectivity index (χ2n) is 7.64. The molecule has 0 aliphatic carbocycles. The first-order valence-corrected chi connectivity index (χ1v) is 10.9. The van der Waals surface area contributed by atoms with E-state index in [9.17, 15) is 14.4 Å². The van der Waals surface area contributed by atoms with Crippen LogP contribution < -0.4 is 10.7 Å². The first-order chi connectivity index (χ1) is 16.2. The zero-order chi connectivity index (χ0) is 24.8. The molecule has 0 fully saturated rings. The number of halogens is 2. The molecule has 0 saturated carbocycles. The predicted octanol–water partition coefficient (Wildman–Crippen LogP) is 4.86. The smallest absolute Gasteiger partial charge is 0.335 e. The van der Waals surface area contributed by atoms with Crippen LogP contribution in [0.4, 0.5) is 0 Å². The molecule has 0 radical (unpaired) electrons. The Hall–Kier alpha value is -3.62. The monoisotopic (exact) mass is 501 g/mol. The van der Waals surface area contributed by atoms with E-state index >= 15 is 0 Å². The molecule has 1 aromatic heterocycles. The van der Waals surface area contributed by atoms with Crippen LogP contribution in [0.25, 0.3) is 11.3 Å². The number of hydrogen-bond acceptors (Lipinski definition) is 5. The Morgan fingerprint density at radius 3 is 2.26 bits per heavy atom. The molecule has 3 aromatic rings. The van der Waals surface area contributed by atoms with Gasteiger partial charge < -0.3 is 14.8 Å².